The van der Waals surface area contributed by atoms with Gasteiger partial charge >= 0.3 is 11.9 Å². The third-order valence-corrected chi connectivity index (χ3v) is 12.3. The second-order valence-corrected chi connectivity index (χ2v) is 15.0. The summed E-state index contributed by atoms with van der Waals surface area (Å²) in [5.74, 6) is -1.66. The Labute approximate surface area is 286 Å². The van der Waals surface area contributed by atoms with Crippen molar-refractivity contribution in [2.75, 3.05) is 13.2 Å². The Kier molecular flexibility index (Phi) is 9.13. The van der Waals surface area contributed by atoms with Gasteiger partial charge in [0.15, 0.2) is 12.2 Å². The van der Waals surface area contributed by atoms with Crippen molar-refractivity contribution in [2.45, 2.75) is 90.2 Å². The lowest BCUT2D eigenvalue weighted by atomic mass is 9.45. The van der Waals surface area contributed by atoms with Gasteiger partial charge in [-0.3, -0.25) is 19.4 Å². The summed E-state index contributed by atoms with van der Waals surface area (Å²) in [5.41, 5.74) is 0.953. The second kappa shape index (κ2) is 12.8. The van der Waals surface area contributed by atoms with Crippen LogP contribution in [-0.2, 0) is 30.3 Å². The molecule has 3 saturated carbocycles. The Hall–Kier alpha value is -3.50. The highest BCUT2D eigenvalue weighted by atomic mass is 35.5. The number of esters is 2. The molecule has 0 unspecified atom stereocenters. The summed E-state index contributed by atoms with van der Waals surface area (Å²) in [6.07, 6.45) is 10.7. The topological polar surface area (TPSA) is 130 Å². The zero-order valence-corrected chi connectivity index (χ0v) is 29.2. The number of rotatable bonds is 10. The number of fused-ring (bicyclic) bond motifs is 6. The molecule has 0 aliphatic heterocycles. The summed E-state index contributed by atoms with van der Waals surface area (Å²) in [6, 6.07) is 1.89. The molecule has 10 nitrogen and oxygen atoms in total. The Bertz CT molecular complexity index is 1650. The number of carbonyl (C=O) groups excluding carboxylic acids is 3. The standard InChI is InChI=1S/C37H46ClN3O7/c1-7-10-46-25-14-24(17-39-18-25)41-19-22-15-35(5)23(13-28(22)40-41)12-27(38)33-26-11-21(4)37(48-32(45)9-3,30(43)20-47-31(44)8-2)36(26,6)16-29(42)34(33)35/h7,13-14,17-19,21,26-27,29,33-34,42H,1,8-12,15-16,20H2,2-6H3/t21-,26+,27-,29+,33-,34+,35+,36+,37-/m1/s1. The van der Waals surface area contributed by atoms with Gasteiger partial charge in [0, 0.05) is 41.8 Å². The van der Waals surface area contributed by atoms with Crippen LogP contribution in [0.3, 0.4) is 0 Å². The van der Waals surface area contributed by atoms with E-state index >= 15 is 0 Å². The molecule has 0 bridgehead atoms. The number of allylic oxidation sites excluding steroid dienone is 1. The highest BCUT2D eigenvalue weighted by molar-refractivity contribution is 6.21. The van der Waals surface area contributed by atoms with E-state index in [1.807, 2.05) is 30.8 Å². The zero-order valence-electron chi connectivity index (χ0n) is 28.4. The number of carbonyl (C=O) groups is 3. The van der Waals surface area contributed by atoms with E-state index in [-0.39, 0.29) is 48.3 Å². The molecule has 0 spiro atoms. The Morgan fingerprint density at radius 3 is 2.65 bits per heavy atom. The van der Waals surface area contributed by atoms with Crippen molar-refractivity contribution in [2.24, 2.45) is 34.5 Å². The van der Waals surface area contributed by atoms with Gasteiger partial charge in [0.2, 0.25) is 5.78 Å². The fourth-order valence-corrected chi connectivity index (χ4v) is 10.3. The van der Waals surface area contributed by atoms with E-state index in [9.17, 15) is 19.5 Å². The number of nitrogens with zero attached hydrogens (tertiary/aromatic N) is 3. The minimum absolute atomic E-state index is 0.0917. The van der Waals surface area contributed by atoms with Crippen molar-refractivity contribution in [1.82, 2.24) is 14.8 Å². The molecule has 48 heavy (non-hydrogen) atoms. The summed E-state index contributed by atoms with van der Waals surface area (Å²) in [6.45, 7) is 13.1. The normalized spacial score (nSPS) is 34.9. The molecule has 4 aliphatic carbocycles. The van der Waals surface area contributed by atoms with Gasteiger partial charge in [-0.1, -0.05) is 52.8 Å². The minimum Gasteiger partial charge on any atom is -0.488 e. The molecule has 2 aromatic rings. The van der Waals surface area contributed by atoms with Gasteiger partial charge < -0.3 is 19.3 Å². The van der Waals surface area contributed by atoms with Crippen LogP contribution in [0.5, 0.6) is 5.75 Å². The number of aliphatic hydroxyl groups excluding tert-OH is 1. The molecule has 258 valence electrons. The third-order valence-electron chi connectivity index (χ3n) is 11.9. The Morgan fingerprint density at radius 2 is 1.94 bits per heavy atom. The van der Waals surface area contributed by atoms with Crippen molar-refractivity contribution >= 4 is 35.4 Å². The van der Waals surface area contributed by atoms with Crippen LogP contribution >= 0.6 is 11.6 Å². The van der Waals surface area contributed by atoms with E-state index in [1.54, 1.807) is 32.3 Å². The van der Waals surface area contributed by atoms with Crippen molar-refractivity contribution < 1.29 is 33.7 Å². The van der Waals surface area contributed by atoms with Crippen molar-refractivity contribution in [3.8, 4) is 11.4 Å². The van der Waals surface area contributed by atoms with Gasteiger partial charge in [0.25, 0.3) is 0 Å². The van der Waals surface area contributed by atoms with Crippen molar-refractivity contribution in [3.63, 3.8) is 0 Å². The first-order chi connectivity index (χ1) is 22.8. The minimum atomic E-state index is -1.56. The molecule has 0 radical (unpaired) electrons. The van der Waals surface area contributed by atoms with Gasteiger partial charge in [0.05, 0.1) is 29.9 Å². The molecule has 2 heterocycles. The van der Waals surface area contributed by atoms with Crippen LogP contribution in [0.1, 0.15) is 78.0 Å². The van der Waals surface area contributed by atoms with E-state index in [2.05, 4.69) is 24.6 Å². The quantitative estimate of drug-likeness (QED) is 0.192. The fraction of sp³-hybridized carbons (Fsp3) is 0.595. The average Bonchev–Trinajstić information content (AvgIpc) is 3.56. The summed E-state index contributed by atoms with van der Waals surface area (Å²) in [5, 5.41) is 16.8. The van der Waals surface area contributed by atoms with E-state index in [4.69, 9.17) is 30.9 Å². The van der Waals surface area contributed by atoms with Gasteiger partial charge in [0.1, 0.15) is 12.4 Å². The second-order valence-electron chi connectivity index (χ2n) is 14.5. The first-order valence-electron chi connectivity index (χ1n) is 17.0. The molecular formula is C37H46ClN3O7. The maximum atomic E-state index is 14.2. The molecule has 2 aromatic heterocycles. The third kappa shape index (κ3) is 5.30. The lowest BCUT2D eigenvalue weighted by Crippen LogP contribution is -2.66. The van der Waals surface area contributed by atoms with Crippen molar-refractivity contribution in [1.29, 1.82) is 0 Å². The summed E-state index contributed by atoms with van der Waals surface area (Å²) in [7, 11) is 0. The van der Waals surface area contributed by atoms with Crippen LogP contribution in [0.25, 0.3) is 11.8 Å². The number of ketones is 1. The highest BCUT2D eigenvalue weighted by Gasteiger charge is 2.74. The number of hydrogen-bond donors (Lipinski definition) is 1. The fourth-order valence-electron chi connectivity index (χ4n) is 9.79. The zero-order chi connectivity index (χ0) is 34.6. The molecule has 4 aliphatic rings. The van der Waals surface area contributed by atoms with Gasteiger partial charge in [-0.25, -0.2) is 4.68 Å². The largest absolute Gasteiger partial charge is 0.488 e. The van der Waals surface area contributed by atoms with E-state index < -0.39 is 46.9 Å². The number of ether oxygens (including phenoxy) is 3. The summed E-state index contributed by atoms with van der Waals surface area (Å²) < 4.78 is 19.0. The molecule has 6 rings (SSSR count). The maximum Gasteiger partial charge on any atom is 0.306 e. The molecule has 0 aromatic carbocycles. The van der Waals surface area contributed by atoms with Crippen molar-refractivity contribution in [3.05, 3.63) is 54.1 Å². The first kappa shape index (κ1) is 34.4. The summed E-state index contributed by atoms with van der Waals surface area (Å²) >= 11 is 7.36. The number of alkyl halides is 1. The number of aromatic nitrogens is 3. The monoisotopic (exact) mass is 679 g/mol. The highest BCUT2D eigenvalue weighted by Crippen LogP contribution is 2.70. The molecule has 0 amide bonds. The Morgan fingerprint density at radius 1 is 1.19 bits per heavy atom. The van der Waals surface area contributed by atoms with E-state index in [0.717, 1.165) is 22.5 Å². The van der Waals surface area contributed by atoms with Crippen LogP contribution < -0.4 is 4.74 Å². The van der Waals surface area contributed by atoms with Gasteiger partial charge in [-0.05, 0) is 60.5 Å². The smallest absolute Gasteiger partial charge is 0.306 e. The van der Waals surface area contributed by atoms with Gasteiger partial charge in [-0.15, -0.1) is 11.6 Å². The molecule has 3 fully saturated rings. The number of halogens is 1. The summed E-state index contributed by atoms with van der Waals surface area (Å²) in [4.78, 5) is 43.6. The molecule has 1 N–H and O–H groups in total. The average molecular weight is 680 g/mol. The van der Waals surface area contributed by atoms with Crippen LogP contribution in [0.15, 0.2) is 42.9 Å². The molecule has 9 atom stereocenters. The lowest BCUT2D eigenvalue weighted by Gasteiger charge is -2.61. The Balaban J connectivity index is 1.35. The molecule has 0 saturated heterocycles. The maximum absolute atomic E-state index is 14.2. The van der Waals surface area contributed by atoms with Crippen LogP contribution in [0.2, 0.25) is 0 Å². The predicted octanol–water partition coefficient (Wildman–Crippen LogP) is 5.66. The predicted molar refractivity (Wildman–Crippen MR) is 179 cm³/mol. The van der Waals surface area contributed by atoms with E-state index in [0.29, 0.717) is 31.6 Å². The number of Topliss-reactive ketones (excluding diaryl/α,β-unsaturated/α-hetero) is 1. The van der Waals surface area contributed by atoms with E-state index in [1.165, 1.54) is 0 Å². The number of hydrogen-bond acceptors (Lipinski definition) is 9. The van der Waals surface area contributed by atoms with Crippen LogP contribution in [-0.4, -0.2) is 67.9 Å². The number of pyridine rings is 1. The number of aliphatic hydroxyl groups is 1. The first-order valence-corrected chi connectivity index (χ1v) is 17.5. The molecule has 11 heteroatoms. The van der Waals surface area contributed by atoms with Gasteiger partial charge in [-0.2, -0.15) is 5.10 Å². The lowest BCUT2D eigenvalue weighted by molar-refractivity contribution is -0.207. The SMILES string of the molecule is C=CCOc1cncc(-n2cc3c(n2)C=C2C[C@@H](Cl)[C@@H]4[C@H]([C@@H](O)C[C@@]5(C)[C@H]4C[C@@H](C)[C@@]5(OC(=O)CC)C(=O)COC(=O)CC)[C@@]2(C)C3)c1. The van der Waals surface area contributed by atoms with Crippen LogP contribution in [0.4, 0.5) is 0 Å². The molecular weight excluding hydrogens is 634 g/mol. The van der Waals surface area contributed by atoms with Crippen LogP contribution in [0, 0.1) is 34.5 Å².